The fourth-order valence-corrected chi connectivity index (χ4v) is 9.80. The van der Waals surface area contributed by atoms with Gasteiger partial charge in [-0.05, 0) is 117 Å². The maximum absolute atomic E-state index is 13.3. The lowest BCUT2D eigenvalue weighted by molar-refractivity contribution is -0.391. The van der Waals surface area contributed by atoms with Gasteiger partial charge in [-0.25, -0.2) is 8.42 Å². The Morgan fingerprint density at radius 1 is 0.644 bits per heavy atom. The van der Waals surface area contributed by atoms with Gasteiger partial charge in [0.25, 0.3) is 15.4 Å². The van der Waals surface area contributed by atoms with Gasteiger partial charge in [-0.2, -0.15) is 52.7 Å². The van der Waals surface area contributed by atoms with Gasteiger partial charge in [-0.15, -0.1) is 0 Å². The zero-order chi connectivity index (χ0) is 46.0. The van der Waals surface area contributed by atoms with Crippen molar-refractivity contribution >= 4 is 27.6 Å². The summed E-state index contributed by atoms with van der Waals surface area (Å²) in [6.45, 7) is 9.93. The van der Waals surface area contributed by atoms with E-state index in [4.69, 9.17) is 9.47 Å². The Morgan fingerprint density at radius 3 is 1.49 bits per heavy atom. The Hall–Kier alpha value is -2.36. The largest absolute Gasteiger partial charge is 0.497 e. The van der Waals surface area contributed by atoms with Crippen LogP contribution >= 0.6 is 0 Å². The number of sulfone groups is 1. The van der Waals surface area contributed by atoms with Gasteiger partial charge in [-0.3, -0.25) is 14.4 Å². The van der Waals surface area contributed by atoms with Crippen LogP contribution in [0.4, 0.5) is 52.7 Å². The fraction of sp³-hybridized carbons (Fsp3) is 0.919. The van der Waals surface area contributed by atoms with Crippen LogP contribution in [-0.4, -0.2) is 89.0 Å². The van der Waals surface area contributed by atoms with Crippen molar-refractivity contribution in [2.24, 2.45) is 39.9 Å². The van der Waals surface area contributed by atoms with Crippen LogP contribution in [0, 0.1) is 39.9 Å². The number of hydrogen-bond donors (Lipinski definition) is 2. The van der Waals surface area contributed by atoms with Gasteiger partial charge in [0.15, 0.2) is 11.4 Å². The van der Waals surface area contributed by atoms with Gasteiger partial charge >= 0.3 is 36.0 Å². The monoisotopic (exact) mass is 900 g/mol. The van der Waals surface area contributed by atoms with Crippen LogP contribution in [0.1, 0.15) is 119 Å². The second-order valence-electron chi connectivity index (χ2n) is 18.5. The molecule has 6 unspecified atom stereocenters. The topological polar surface area (TPSA) is 144 Å². The Balaban J connectivity index is 0.000000316. The lowest BCUT2D eigenvalue weighted by Gasteiger charge is -2.60. The van der Waals surface area contributed by atoms with E-state index in [2.05, 4.69) is 0 Å². The van der Waals surface area contributed by atoms with Crippen LogP contribution in [0.3, 0.4) is 0 Å². The van der Waals surface area contributed by atoms with Crippen LogP contribution in [0.25, 0.3) is 0 Å². The Bertz CT molecular complexity index is 1650. The van der Waals surface area contributed by atoms with Crippen molar-refractivity contribution in [3.05, 3.63) is 0 Å². The summed E-state index contributed by atoms with van der Waals surface area (Å²) < 4.78 is 192. The molecule has 2 N–H and O–H groups in total. The number of esters is 2. The Morgan fingerprint density at radius 2 is 1.08 bits per heavy atom. The minimum atomic E-state index is -6.28. The summed E-state index contributed by atoms with van der Waals surface area (Å²) in [4.78, 5) is 37.7. The first-order valence-electron chi connectivity index (χ1n) is 19.1. The molecule has 5 fully saturated rings. The van der Waals surface area contributed by atoms with Crippen molar-refractivity contribution < 1.29 is 95.2 Å². The Labute approximate surface area is 334 Å². The molecule has 6 atom stereocenters. The first-order valence-corrected chi connectivity index (χ1v) is 20.7. The number of hydrogen-bond acceptors (Lipinski definition) is 9. The third-order valence-corrected chi connectivity index (χ3v) is 14.6. The second-order valence-corrected chi connectivity index (χ2v) is 20.4. The van der Waals surface area contributed by atoms with E-state index >= 15 is 0 Å². The summed E-state index contributed by atoms with van der Waals surface area (Å²) in [5.41, 5.74) is -18.4. The molecule has 0 aliphatic heterocycles. The van der Waals surface area contributed by atoms with Crippen molar-refractivity contribution in [1.29, 1.82) is 0 Å². The van der Waals surface area contributed by atoms with E-state index < -0.39 is 122 Å². The molecule has 0 radical (unpaired) electrons. The molecular formula is C37H52F12O9S. The fourth-order valence-electron chi connectivity index (χ4n) is 8.98. The number of carbonyl (C=O) groups is 3. The highest BCUT2D eigenvalue weighted by atomic mass is 32.2. The molecule has 5 aliphatic carbocycles. The van der Waals surface area contributed by atoms with E-state index in [1.165, 1.54) is 13.8 Å². The van der Waals surface area contributed by atoms with E-state index in [0.717, 1.165) is 6.42 Å². The second kappa shape index (κ2) is 16.1. The minimum absolute atomic E-state index is 0.0660. The molecule has 0 aromatic rings. The van der Waals surface area contributed by atoms with Crippen molar-refractivity contribution in [2.45, 2.75) is 166 Å². The van der Waals surface area contributed by atoms with Gasteiger partial charge in [0.2, 0.25) is 0 Å². The average Bonchev–Trinajstić information content (AvgIpc) is 3.04. The number of carbonyl (C=O) groups excluding carboxylic acids is 3. The van der Waals surface area contributed by atoms with E-state index in [-0.39, 0.29) is 37.6 Å². The number of aliphatic hydroxyl groups is 2. The number of ether oxygens (including phenoxy) is 2. The predicted octanol–water partition coefficient (Wildman–Crippen LogP) is 8.73. The first kappa shape index (κ1) is 51.0. The minimum Gasteiger partial charge on any atom is -0.462 e. The highest BCUT2D eigenvalue weighted by Gasteiger charge is 2.75. The maximum Gasteiger partial charge on any atom is 0.497 e. The summed E-state index contributed by atoms with van der Waals surface area (Å²) >= 11 is 0. The molecule has 59 heavy (non-hydrogen) atoms. The van der Waals surface area contributed by atoms with E-state index in [1.54, 1.807) is 20.8 Å². The van der Waals surface area contributed by atoms with Crippen molar-refractivity contribution in [1.82, 2.24) is 0 Å². The first-order chi connectivity index (χ1) is 26.2. The number of ketones is 1. The third kappa shape index (κ3) is 10.1. The molecule has 344 valence electrons. The standard InChI is InChI=1S/C19H27F3O5S.C18H25F9O4/c1-4-16(2,3)15(24)27-18-8-12-5-13(9-18)7-17(6-12,11-18)14(23)10-28(25,26)19(20,21)22;1-5-13(2,3)12(28)31-11-7-9(14(4,29)16(19,20)21)6-10(8-11)15(30,17(22,23)24)18(25,26)27/h12-13H,4-11H2,1-3H3;9-11,29-30H,5-8H2,1-4H3. The van der Waals surface area contributed by atoms with E-state index in [0.29, 0.717) is 32.1 Å². The van der Waals surface area contributed by atoms with Gasteiger partial charge in [0, 0.05) is 17.3 Å². The average molecular weight is 901 g/mol. The Kier molecular flexibility index (Phi) is 13.9. The van der Waals surface area contributed by atoms with Gasteiger partial charge in [-0.1, -0.05) is 13.8 Å². The van der Waals surface area contributed by atoms with Crippen molar-refractivity contribution in [3.8, 4) is 0 Å². The van der Waals surface area contributed by atoms with Gasteiger partial charge in [0.05, 0.1) is 10.8 Å². The van der Waals surface area contributed by atoms with Gasteiger partial charge in [0.1, 0.15) is 17.5 Å². The summed E-state index contributed by atoms with van der Waals surface area (Å²) in [6, 6.07) is 0. The van der Waals surface area contributed by atoms with E-state index in [1.807, 2.05) is 6.92 Å². The molecule has 0 spiro atoms. The highest BCUT2D eigenvalue weighted by Crippen LogP contribution is 2.64. The molecule has 9 nitrogen and oxygen atoms in total. The quantitative estimate of drug-likeness (QED) is 0.154. The molecule has 5 saturated carbocycles. The number of rotatable bonds is 11. The summed E-state index contributed by atoms with van der Waals surface area (Å²) in [6.07, 6.45) is -19.6. The summed E-state index contributed by atoms with van der Waals surface area (Å²) in [5.74, 6) is -8.73. The van der Waals surface area contributed by atoms with Crippen LogP contribution < -0.4 is 0 Å². The molecule has 4 bridgehead atoms. The molecule has 0 saturated heterocycles. The molecular weight excluding hydrogens is 848 g/mol. The SMILES string of the molecule is CCC(C)(C)C(=O)OC12CC3CC(C1)CC(C(=O)CS(=O)(=O)C(F)(F)F)(C3)C2.CCC(C)(C)C(=O)OC1CC(C(C)(O)C(F)(F)F)CC(C(O)(C(F)(F)F)C(F)(F)F)C1. The van der Waals surface area contributed by atoms with Crippen molar-refractivity contribution in [2.75, 3.05) is 5.75 Å². The van der Waals surface area contributed by atoms with Crippen LogP contribution in [-0.2, 0) is 33.7 Å². The highest BCUT2D eigenvalue weighted by molar-refractivity contribution is 7.92. The van der Waals surface area contributed by atoms with Gasteiger partial charge < -0.3 is 19.7 Å². The molecule has 0 heterocycles. The molecule has 0 amide bonds. The molecule has 5 aliphatic rings. The van der Waals surface area contributed by atoms with Crippen LogP contribution in [0.2, 0.25) is 0 Å². The number of Topliss-reactive ketones (excluding diaryl/α,β-unsaturated/α-hetero) is 1. The molecule has 0 aromatic carbocycles. The third-order valence-electron chi connectivity index (χ3n) is 13.2. The lowest BCUT2D eigenvalue weighted by Crippen LogP contribution is -2.64. The summed E-state index contributed by atoms with van der Waals surface area (Å²) in [5, 5.41) is 19.6. The lowest BCUT2D eigenvalue weighted by atomic mass is 9.47. The van der Waals surface area contributed by atoms with Crippen molar-refractivity contribution in [3.63, 3.8) is 0 Å². The number of halogens is 12. The normalized spacial score (nSPS) is 30.5. The van der Waals surface area contributed by atoms with E-state index in [9.17, 15) is 85.7 Å². The number of alkyl halides is 12. The molecule has 5 rings (SSSR count). The summed E-state index contributed by atoms with van der Waals surface area (Å²) in [7, 11) is -5.52. The maximum atomic E-state index is 13.3. The molecule has 22 heteroatoms. The zero-order valence-corrected chi connectivity index (χ0v) is 34.4. The predicted molar refractivity (Wildman–Crippen MR) is 183 cm³/mol. The smallest absolute Gasteiger partial charge is 0.462 e. The zero-order valence-electron chi connectivity index (χ0n) is 33.6. The molecule has 0 aromatic heterocycles. The van der Waals surface area contributed by atoms with Crippen LogP contribution in [0.5, 0.6) is 0 Å². The van der Waals surface area contributed by atoms with Crippen LogP contribution in [0.15, 0.2) is 0 Å².